The van der Waals surface area contributed by atoms with E-state index in [-0.39, 0.29) is 0 Å². The molecule has 0 amide bonds. The first-order chi connectivity index (χ1) is 20.9. The molecule has 0 saturated carbocycles. The molecule has 0 atom stereocenters. The SMILES string of the molecule is CC.CC.CC.CC.c1ccc2cc(-c3c4ccccc4c(-c4cccc5ccccc45)c4ccccc34)ccc2c1. The average Bonchev–Trinajstić information content (AvgIpc) is 3.10. The van der Waals surface area contributed by atoms with E-state index in [9.17, 15) is 0 Å². The van der Waals surface area contributed by atoms with E-state index in [0.29, 0.717) is 0 Å². The van der Waals surface area contributed by atoms with Crippen LogP contribution in [0.4, 0.5) is 0 Å². The first-order valence-electron chi connectivity index (χ1n) is 15.8. The van der Waals surface area contributed by atoms with Crippen LogP contribution >= 0.6 is 0 Å². The van der Waals surface area contributed by atoms with E-state index in [1.807, 2.05) is 55.4 Å². The lowest BCUT2D eigenvalue weighted by molar-refractivity contribution is 1.50. The van der Waals surface area contributed by atoms with Gasteiger partial charge in [-0.1, -0.05) is 183 Å². The molecule has 7 aromatic rings. The van der Waals surface area contributed by atoms with Crippen molar-refractivity contribution >= 4 is 43.1 Å². The summed E-state index contributed by atoms with van der Waals surface area (Å²) in [5.41, 5.74) is 5.17. The molecule has 0 radical (unpaired) electrons. The summed E-state index contributed by atoms with van der Waals surface area (Å²) in [5, 5.41) is 10.3. The summed E-state index contributed by atoms with van der Waals surface area (Å²) >= 11 is 0. The van der Waals surface area contributed by atoms with Crippen molar-refractivity contribution in [2.45, 2.75) is 55.4 Å². The van der Waals surface area contributed by atoms with Gasteiger partial charge in [0, 0.05) is 0 Å². The molecule has 0 aromatic heterocycles. The summed E-state index contributed by atoms with van der Waals surface area (Å²) in [6.07, 6.45) is 0. The third kappa shape index (κ3) is 6.24. The predicted molar refractivity (Wildman–Crippen MR) is 193 cm³/mol. The molecular formula is C42H46. The molecule has 7 rings (SSSR count). The lowest BCUT2D eigenvalue weighted by Crippen LogP contribution is -1.91. The smallest absolute Gasteiger partial charge is 0.00201 e. The molecule has 0 aliphatic carbocycles. The monoisotopic (exact) mass is 550 g/mol. The number of hydrogen-bond donors (Lipinski definition) is 0. The first kappa shape index (κ1) is 32.1. The van der Waals surface area contributed by atoms with Crippen molar-refractivity contribution in [3.05, 3.63) is 133 Å². The summed E-state index contributed by atoms with van der Waals surface area (Å²) in [5.74, 6) is 0. The van der Waals surface area contributed by atoms with Gasteiger partial charge in [0.15, 0.2) is 0 Å². The molecule has 0 nitrogen and oxygen atoms in total. The molecule has 0 heterocycles. The molecule has 0 bridgehead atoms. The van der Waals surface area contributed by atoms with E-state index in [4.69, 9.17) is 0 Å². The van der Waals surface area contributed by atoms with Crippen molar-refractivity contribution in [1.29, 1.82) is 0 Å². The second-order valence-electron chi connectivity index (χ2n) is 8.93. The Balaban J connectivity index is 0.000000561. The zero-order chi connectivity index (χ0) is 30.5. The molecular weight excluding hydrogens is 504 g/mol. The fourth-order valence-electron chi connectivity index (χ4n) is 5.52. The Kier molecular flexibility index (Phi) is 12.3. The summed E-state index contributed by atoms with van der Waals surface area (Å²) in [6, 6.07) is 48.6. The van der Waals surface area contributed by atoms with E-state index < -0.39 is 0 Å². The second-order valence-corrected chi connectivity index (χ2v) is 8.93. The topological polar surface area (TPSA) is 0 Å². The summed E-state index contributed by atoms with van der Waals surface area (Å²) in [4.78, 5) is 0. The normalized spacial score (nSPS) is 9.90. The van der Waals surface area contributed by atoms with Gasteiger partial charge in [-0.25, -0.2) is 0 Å². The van der Waals surface area contributed by atoms with Crippen LogP contribution in [-0.4, -0.2) is 0 Å². The highest BCUT2D eigenvalue weighted by Gasteiger charge is 2.17. The highest BCUT2D eigenvalue weighted by molar-refractivity contribution is 6.23. The van der Waals surface area contributed by atoms with Crippen LogP contribution in [0.3, 0.4) is 0 Å². The Bertz CT molecular complexity index is 1790. The van der Waals surface area contributed by atoms with Gasteiger partial charge in [0.2, 0.25) is 0 Å². The van der Waals surface area contributed by atoms with Crippen LogP contribution < -0.4 is 0 Å². The van der Waals surface area contributed by atoms with Gasteiger partial charge in [0.1, 0.15) is 0 Å². The van der Waals surface area contributed by atoms with Gasteiger partial charge < -0.3 is 0 Å². The molecule has 214 valence electrons. The Hall–Kier alpha value is -4.42. The van der Waals surface area contributed by atoms with Crippen molar-refractivity contribution in [2.75, 3.05) is 0 Å². The Morgan fingerprint density at radius 3 is 1.24 bits per heavy atom. The van der Waals surface area contributed by atoms with E-state index in [1.165, 1.54) is 65.3 Å². The largest absolute Gasteiger partial charge is 0.0683 e. The van der Waals surface area contributed by atoms with Crippen LogP contribution in [-0.2, 0) is 0 Å². The van der Waals surface area contributed by atoms with Crippen LogP contribution in [0.5, 0.6) is 0 Å². The fourth-order valence-corrected chi connectivity index (χ4v) is 5.52. The molecule has 0 fully saturated rings. The molecule has 0 aliphatic rings. The van der Waals surface area contributed by atoms with Crippen molar-refractivity contribution in [3.8, 4) is 22.3 Å². The molecule has 0 unspecified atom stereocenters. The zero-order valence-corrected chi connectivity index (χ0v) is 26.7. The molecule has 7 aromatic carbocycles. The van der Waals surface area contributed by atoms with Gasteiger partial charge in [-0.15, -0.1) is 0 Å². The van der Waals surface area contributed by atoms with Crippen LogP contribution in [0.1, 0.15) is 55.4 Å². The summed E-state index contributed by atoms with van der Waals surface area (Å²) in [7, 11) is 0. The maximum absolute atomic E-state index is 2.33. The Morgan fingerprint density at radius 2 is 0.690 bits per heavy atom. The molecule has 0 saturated heterocycles. The molecule has 42 heavy (non-hydrogen) atoms. The zero-order valence-electron chi connectivity index (χ0n) is 26.7. The van der Waals surface area contributed by atoms with E-state index in [2.05, 4.69) is 133 Å². The second kappa shape index (κ2) is 16.1. The highest BCUT2D eigenvalue weighted by Crippen LogP contribution is 2.45. The lowest BCUT2D eigenvalue weighted by Gasteiger charge is -2.19. The molecule has 0 aliphatic heterocycles. The minimum absolute atomic E-state index is 1.26. The van der Waals surface area contributed by atoms with Crippen molar-refractivity contribution in [3.63, 3.8) is 0 Å². The minimum Gasteiger partial charge on any atom is -0.0683 e. The Morgan fingerprint density at radius 1 is 0.286 bits per heavy atom. The number of benzene rings is 7. The van der Waals surface area contributed by atoms with Crippen molar-refractivity contribution < 1.29 is 0 Å². The standard InChI is InChI=1S/C34H22.4C2H6/c1-2-12-25-22-26(21-20-23(25)10-1)33-29-15-5-7-17-31(29)34(32-18-8-6-16-30(32)33)28-19-9-13-24-11-3-4-14-27(24)28;4*1-2/h1-22H;4*1-2H3. The van der Waals surface area contributed by atoms with Crippen molar-refractivity contribution in [1.82, 2.24) is 0 Å². The van der Waals surface area contributed by atoms with Gasteiger partial charge in [-0.05, 0) is 71.4 Å². The van der Waals surface area contributed by atoms with Crippen molar-refractivity contribution in [2.24, 2.45) is 0 Å². The van der Waals surface area contributed by atoms with Gasteiger partial charge in [0.25, 0.3) is 0 Å². The maximum atomic E-state index is 2.33. The quantitative estimate of drug-likeness (QED) is 0.188. The minimum atomic E-state index is 1.26. The van der Waals surface area contributed by atoms with Gasteiger partial charge in [-0.2, -0.15) is 0 Å². The van der Waals surface area contributed by atoms with Gasteiger partial charge in [0.05, 0.1) is 0 Å². The van der Waals surface area contributed by atoms with Gasteiger partial charge >= 0.3 is 0 Å². The third-order valence-corrected chi connectivity index (χ3v) is 7.03. The highest BCUT2D eigenvalue weighted by atomic mass is 14.2. The molecule has 0 spiro atoms. The average molecular weight is 551 g/mol. The lowest BCUT2D eigenvalue weighted by atomic mass is 9.84. The molecule has 0 N–H and O–H groups in total. The van der Waals surface area contributed by atoms with Crippen LogP contribution in [0, 0.1) is 0 Å². The number of fused-ring (bicyclic) bond motifs is 4. The summed E-state index contributed by atoms with van der Waals surface area (Å²) < 4.78 is 0. The van der Waals surface area contributed by atoms with Crippen LogP contribution in [0.25, 0.3) is 65.3 Å². The van der Waals surface area contributed by atoms with E-state index in [0.717, 1.165) is 0 Å². The van der Waals surface area contributed by atoms with E-state index >= 15 is 0 Å². The maximum Gasteiger partial charge on any atom is -0.00201 e. The Labute approximate surface area is 253 Å². The number of hydrogen-bond acceptors (Lipinski definition) is 0. The van der Waals surface area contributed by atoms with E-state index in [1.54, 1.807) is 0 Å². The third-order valence-electron chi connectivity index (χ3n) is 7.03. The number of rotatable bonds is 2. The van der Waals surface area contributed by atoms with Crippen LogP contribution in [0.15, 0.2) is 133 Å². The summed E-state index contributed by atoms with van der Waals surface area (Å²) in [6.45, 7) is 16.0. The molecule has 0 heteroatoms. The fraction of sp³-hybridized carbons (Fsp3) is 0.190. The van der Waals surface area contributed by atoms with Gasteiger partial charge in [-0.3, -0.25) is 0 Å². The predicted octanol–water partition coefficient (Wildman–Crippen LogP) is 13.7. The van der Waals surface area contributed by atoms with Crippen LogP contribution in [0.2, 0.25) is 0 Å². The first-order valence-corrected chi connectivity index (χ1v) is 15.8.